The molecular formula is C29H32F3N5O3. The Morgan fingerprint density at radius 1 is 0.825 bits per heavy atom. The van der Waals surface area contributed by atoms with Crippen molar-refractivity contribution < 1.29 is 27.5 Å². The molecule has 3 N–H and O–H groups in total. The number of benzene rings is 3. The van der Waals surface area contributed by atoms with Crippen molar-refractivity contribution in [2.45, 2.75) is 26.1 Å². The van der Waals surface area contributed by atoms with Crippen LogP contribution in [0.3, 0.4) is 0 Å². The van der Waals surface area contributed by atoms with Gasteiger partial charge in [0.1, 0.15) is 5.75 Å². The van der Waals surface area contributed by atoms with Gasteiger partial charge in [-0.05, 0) is 62.4 Å². The second kappa shape index (κ2) is 12.2. The fraction of sp³-hybridized carbons (Fsp3) is 0.310. The quantitative estimate of drug-likeness (QED) is 0.342. The van der Waals surface area contributed by atoms with Gasteiger partial charge in [-0.2, -0.15) is 13.2 Å². The SMILES string of the molecule is COc1ccccc1N1CCN(c2ccc(NC(=O)Nc3cccc(C(F)(F)F)c3)cc2C(=O)NC(C)C)CC1. The third-order valence-corrected chi connectivity index (χ3v) is 6.41. The second-order valence-electron chi connectivity index (χ2n) is 9.66. The number of nitrogens with one attached hydrogen (secondary N) is 3. The number of rotatable bonds is 7. The summed E-state index contributed by atoms with van der Waals surface area (Å²) in [6.07, 6.45) is -4.53. The Balaban J connectivity index is 1.50. The topological polar surface area (TPSA) is 85.9 Å². The number of urea groups is 1. The average molecular weight is 556 g/mol. The van der Waals surface area contributed by atoms with Gasteiger partial charge in [-0.1, -0.05) is 18.2 Å². The van der Waals surface area contributed by atoms with E-state index in [4.69, 9.17) is 4.74 Å². The molecule has 1 heterocycles. The molecule has 0 radical (unpaired) electrons. The van der Waals surface area contributed by atoms with Gasteiger partial charge in [0.2, 0.25) is 0 Å². The second-order valence-corrected chi connectivity index (χ2v) is 9.66. The third kappa shape index (κ3) is 6.96. The first-order valence-corrected chi connectivity index (χ1v) is 12.9. The van der Waals surface area contributed by atoms with Crippen LogP contribution in [0.2, 0.25) is 0 Å². The van der Waals surface area contributed by atoms with Crippen LogP contribution in [0.1, 0.15) is 29.8 Å². The number of amides is 3. The van der Waals surface area contributed by atoms with Crippen molar-refractivity contribution in [3.63, 3.8) is 0 Å². The molecule has 0 aromatic heterocycles. The molecule has 4 rings (SSSR count). The van der Waals surface area contributed by atoms with Crippen LogP contribution in [0.15, 0.2) is 66.7 Å². The first-order chi connectivity index (χ1) is 19.0. The van der Waals surface area contributed by atoms with E-state index in [-0.39, 0.29) is 17.6 Å². The Morgan fingerprint density at radius 2 is 1.45 bits per heavy atom. The molecule has 40 heavy (non-hydrogen) atoms. The van der Waals surface area contributed by atoms with Gasteiger partial charge in [0.15, 0.2) is 0 Å². The van der Waals surface area contributed by atoms with Gasteiger partial charge in [0, 0.05) is 49.3 Å². The van der Waals surface area contributed by atoms with Gasteiger partial charge in [-0.25, -0.2) is 4.79 Å². The molecule has 8 nitrogen and oxygen atoms in total. The van der Waals surface area contributed by atoms with Gasteiger partial charge in [0.05, 0.1) is 23.9 Å². The number of para-hydroxylation sites is 2. The van der Waals surface area contributed by atoms with Crippen molar-refractivity contribution in [2.75, 3.05) is 53.7 Å². The monoisotopic (exact) mass is 555 g/mol. The van der Waals surface area contributed by atoms with Crippen LogP contribution in [0.25, 0.3) is 0 Å². The summed E-state index contributed by atoms with van der Waals surface area (Å²) in [7, 11) is 1.64. The molecule has 11 heteroatoms. The summed E-state index contributed by atoms with van der Waals surface area (Å²) in [6, 6.07) is 16.4. The molecule has 1 aliphatic rings. The molecule has 0 spiro atoms. The smallest absolute Gasteiger partial charge is 0.416 e. The number of alkyl halides is 3. The number of ether oxygens (including phenoxy) is 1. The molecule has 3 amide bonds. The Hall–Kier alpha value is -4.41. The molecule has 3 aromatic rings. The van der Waals surface area contributed by atoms with Gasteiger partial charge in [-0.3, -0.25) is 4.79 Å². The molecule has 0 unspecified atom stereocenters. The Bertz CT molecular complexity index is 1350. The number of carbonyl (C=O) groups is 2. The molecule has 1 saturated heterocycles. The first-order valence-electron chi connectivity index (χ1n) is 12.9. The summed E-state index contributed by atoms with van der Waals surface area (Å²) >= 11 is 0. The standard InChI is InChI=1S/C29H32F3N5O3/c1-19(2)33-27(38)23-18-22(35-28(39)34-21-8-6-7-20(17-21)29(30,31)32)11-12-24(23)36-13-15-37(16-14-36)25-9-4-5-10-26(25)40-3/h4-12,17-19H,13-16H2,1-3H3,(H,33,38)(H2,34,35,39). The minimum Gasteiger partial charge on any atom is -0.495 e. The number of halogens is 3. The van der Waals surface area contributed by atoms with Crippen LogP contribution in [0.4, 0.5) is 40.7 Å². The maximum absolute atomic E-state index is 13.1. The molecule has 0 bridgehead atoms. The molecule has 1 aliphatic heterocycles. The summed E-state index contributed by atoms with van der Waals surface area (Å²) in [6.45, 7) is 6.45. The van der Waals surface area contributed by atoms with E-state index in [2.05, 4.69) is 25.8 Å². The summed E-state index contributed by atoms with van der Waals surface area (Å²) in [5.74, 6) is 0.505. The van der Waals surface area contributed by atoms with Crippen LogP contribution in [-0.2, 0) is 6.18 Å². The zero-order valence-corrected chi connectivity index (χ0v) is 22.5. The van der Waals surface area contributed by atoms with Crippen LogP contribution >= 0.6 is 0 Å². The lowest BCUT2D eigenvalue weighted by atomic mass is 10.1. The lowest BCUT2D eigenvalue weighted by Crippen LogP contribution is -2.47. The van der Waals surface area contributed by atoms with E-state index in [9.17, 15) is 22.8 Å². The molecule has 0 atom stereocenters. The van der Waals surface area contributed by atoms with Crippen LogP contribution in [0, 0.1) is 0 Å². The largest absolute Gasteiger partial charge is 0.495 e. The molecular weight excluding hydrogens is 523 g/mol. The minimum atomic E-state index is -4.53. The van der Waals surface area contributed by atoms with Crippen molar-refractivity contribution in [1.29, 1.82) is 0 Å². The Kier molecular flexibility index (Phi) is 8.71. The lowest BCUT2D eigenvalue weighted by molar-refractivity contribution is -0.137. The van der Waals surface area contributed by atoms with Crippen molar-refractivity contribution in [3.8, 4) is 5.75 Å². The van der Waals surface area contributed by atoms with Crippen molar-refractivity contribution in [3.05, 3.63) is 77.9 Å². The summed E-state index contributed by atoms with van der Waals surface area (Å²) in [5.41, 5.74) is 1.57. The summed E-state index contributed by atoms with van der Waals surface area (Å²) in [5, 5.41) is 7.93. The van der Waals surface area contributed by atoms with Crippen LogP contribution < -0.4 is 30.5 Å². The highest BCUT2D eigenvalue weighted by molar-refractivity contribution is 6.04. The fourth-order valence-corrected chi connectivity index (χ4v) is 4.56. The van der Waals surface area contributed by atoms with Crippen molar-refractivity contribution in [2.24, 2.45) is 0 Å². The summed E-state index contributed by atoms with van der Waals surface area (Å²) < 4.78 is 44.6. The molecule has 1 fully saturated rings. The first kappa shape index (κ1) is 28.6. The highest BCUT2D eigenvalue weighted by atomic mass is 19.4. The van der Waals surface area contributed by atoms with Gasteiger partial charge in [-0.15, -0.1) is 0 Å². The van der Waals surface area contributed by atoms with E-state index in [0.717, 1.165) is 29.3 Å². The van der Waals surface area contributed by atoms with Crippen molar-refractivity contribution >= 4 is 34.7 Å². The molecule has 0 aliphatic carbocycles. The fourth-order valence-electron chi connectivity index (χ4n) is 4.56. The number of anilines is 4. The molecule has 0 saturated carbocycles. The maximum Gasteiger partial charge on any atom is 0.416 e. The molecule has 212 valence electrons. The minimum absolute atomic E-state index is 0.00497. The van der Waals surface area contributed by atoms with Gasteiger partial charge >= 0.3 is 12.2 Å². The van der Waals surface area contributed by atoms with Gasteiger partial charge < -0.3 is 30.5 Å². The maximum atomic E-state index is 13.1. The number of piperazine rings is 1. The lowest BCUT2D eigenvalue weighted by Gasteiger charge is -2.38. The van der Waals surface area contributed by atoms with Crippen LogP contribution in [-0.4, -0.2) is 51.3 Å². The average Bonchev–Trinajstić information content (AvgIpc) is 2.92. The predicted octanol–water partition coefficient (Wildman–Crippen LogP) is 5.82. The molecule has 3 aromatic carbocycles. The highest BCUT2D eigenvalue weighted by Gasteiger charge is 2.30. The Labute approximate surface area is 231 Å². The number of hydrogen-bond donors (Lipinski definition) is 3. The van der Waals surface area contributed by atoms with E-state index in [1.54, 1.807) is 25.3 Å². The zero-order chi connectivity index (χ0) is 28.9. The van der Waals surface area contributed by atoms with Crippen LogP contribution in [0.5, 0.6) is 5.75 Å². The van der Waals surface area contributed by atoms with E-state index in [0.29, 0.717) is 37.4 Å². The van der Waals surface area contributed by atoms with E-state index >= 15 is 0 Å². The normalized spacial score (nSPS) is 13.7. The van der Waals surface area contributed by atoms with Gasteiger partial charge in [0.25, 0.3) is 5.91 Å². The third-order valence-electron chi connectivity index (χ3n) is 6.41. The van der Waals surface area contributed by atoms with E-state index < -0.39 is 17.8 Å². The van der Waals surface area contributed by atoms with E-state index in [1.807, 2.05) is 38.1 Å². The Morgan fingerprint density at radius 3 is 2.08 bits per heavy atom. The number of carbonyl (C=O) groups excluding carboxylic acids is 2. The number of hydrogen-bond acceptors (Lipinski definition) is 5. The highest BCUT2D eigenvalue weighted by Crippen LogP contribution is 2.32. The summed E-state index contributed by atoms with van der Waals surface area (Å²) in [4.78, 5) is 30.1. The van der Waals surface area contributed by atoms with Crippen molar-refractivity contribution in [1.82, 2.24) is 5.32 Å². The number of methoxy groups -OCH3 is 1. The zero-order valence-electron chi connectivity index (χ0n) is 22.5. The van der Waals surface area contributed by atoms with E-state index in [1.165, 1.54) is 12.1 Å². The predicted molar refractivity (Wildman–Crippen MR) is 151 cm³/mol. The number of nitrogens with zero attached hydrogens (tertiary/aromatic N) is 2.